The molecular formula is C25H26ClF3N3O2P. The number of nitrogens with zero attached hydrogens (tertiary/aromatic N) is 1. The number of carbonyl (C=O) groups excluding carboxylic acids is 1. The zero-order valence-corrected chi connectivity index (χ0v) is 21.0. The Morgan fingerprint density at radius 2 is 1.83 bits per heavy atom. The van der Waals surface area contributed by atoms with E-state index in [1.807, 2.05) is 0 Å². The lowest BCUT2D eigenvalue weighted by Gasteiger charge is -2.31. The van der Waals surface area contributed by atoms with Crippen molar-refractivity contribution in [3.63, 3.8) is 0 Å². The van der Waals surface area contributed by atoms with Crippen molar-refractivity contribution >= 4 is 46.5 Å². The largest absolute Gasteiger partial charge is 0.433 e. The molecule has 0 aliphatic heterocycles. The molecule has 0 bridgehead atoms. The summed E-state index contributed by atoms with van der Waals surface area (Å²) in [6, 6.07) is 12.1. The van der Waals surface area contributed by atoms with Crippen molar-refractivity contribution in [2.24, 2.45) is 0 Å². The van der Waals surface area contributed by atoms with E-state index in [0.29, 0.717) is 33.4 Å². The number of amides is 1. The number of nitrogens with one attached hydrogen (secondary N) is 2. The third-order valence-corrected chi connectivity index (χ3v) is 7.92. The van der Waals surface area contributed by atoms with Crippen molar-refractivity contribution < 1.29 is 22.5 Å². The van der Waals surface area contributed by atoms with Crippen LogP contribution >= 0.6 is 18.7 Å². The number of aromatic nitrogens is 1. The second-order valence-corrected chi connectivity index (χ2v) is 12.9. The van der Waals surface area contributed by atoms with Gasteiger partial charge in [-0.15, -0.1) is 0 Å². The summed E-state index contributed by atoms with van der Waals surface area (Å²) in [6.45, 7) is 3.31. The van der Waals surface area contributed by atoms with Gasteiger partial charge in [0.15, 0.2) is 0 Å². The lowest BCUT2D eigenvalue weighted by Crippen LogP contribution is -2.42. The van der Waals surface area contributed by atoms with E-state index in [1.54, 1.807) is 43.7 Å². The number of pyridine rings is 1. The Labute approximate surface area is 206 Å². The molecular weight excluding hydrogens is 498 g/mol. The van der Waals surface area contributed by atoms with Gasteiger partial charge in [0.25, 0.3) is 5.91 Å². The Balaban J connectivity index is 1.52. The van der Waals surface area contributed by atoms with Crippen LogP contribution in [0.2, 0.25) is 5.02 Å². The van der Waals surface area contributed by atoms with Gasteiger partial charge in [-0.05, 0) is 75.4 Å². The average Bonchev–Trinajstić information content (AvgIpc) is 2.78. The van der Waals surface area contributed by atoms with E-state index in [9.17, 15) is 22.5 Å². The molecule has 1 aliphatic rings. The molecule has 2 atom stereocenters. The Bertz CT molecular complexity index is 1310. The van der Waals surface area contributed by atoms with E-state index >= 15 is 0 Å². The number of carbonyl (C=O) groups is 1. The number of anilines is 1. The minimum Gasteiger partial charge on any atom is -0.382 e. The van der Waals surface area contributed by atoms with Gasteiger partial charge in [-0.3, -0.25) is 4.79 Å². The van der Waals surface area contributed by atoms with Crippen molar-refractivity contribution in [2.45, 2.75) is 43.9 Å². The van der Waals surface area contributed by atoms with Gasteiger partial charge in [-0.25, -0.2) is 4.98 Å². The van der Waals surface area contributed by atoms with Crippen LogP contribution in [0.4, 0.5) is 18.9 Å². The quantitative estimate of drug-likeness (QED) is 0.385. The number of hydrogen-bond acceptors (Lipinski definition) is 4. The molecule has 1 amide bonds. The Morgan fingerprint density at radius 3 is 2.54 bits per heavy atom. The van der Waals surface area contributed by atoms with Crippen LogP contribution in [0.1, 0.15) is 41.7 Å². The number of halogens is 4. The summed E-state index contributed by atoms with van der Waals surface area (Å²) in [5.41, 5.74) is -0.0156. The second kappa shape index (κ2) is 9.82. The van der Waals surface area contributed by atoms with E-state index in [0.717, 1.165) is 25.3 Å². The third kappa shape index (κ3) is 6.17. The molecule has 2 aromatic carbocycles. The number of fused-ring (bicyclic) bond motifs is 1. The number of rotatable bonds is 5. The van der Waals surface area contributed by atoms with Gasteiger partial charge in [-0.1, -0.05) is 23.7 Å². The molecule has 0 unspecified atom stereocenters. The normalized spacial score (nSPS) is 18.9. The first-order valence-corrected chi connectivity index (χ1v) is 14.3. The topological polar surface area (TPSA) is 71.1 Å². The molecule has 0 radical (unpaired) electrons. The van der Waals surface area contributed by atoms with E-state index in [4.69, 9.17) is 11.6 Å². The number of hydrogen-bond donors (Lipinski definition) is 2. The standard InChI is InChI=1S/C25H26ClF3N3O2P/c1-35(2,34)19-8-3-5-15(11-19)24(33)31-18-7-4-6-17(13-18)30-22-14-23(25(27,28)29)32-21-10-9-16(26)12-20(21)22/h3,5,8-12,14,17-18H,4,6-7,13H2,1-2H3,(H,30,32)(H,31,33)/t17-,18+/m0/s1. The molecule has 2 N–H and O–H groups in total. The van der Waals surface area contributed by atoms with Crippen molar-refractivity contribution in [2.75, 3.05) is 18.6 Å². The maximum absolute atomic E-state index is 13.4. The molecule has 3 aromatic rings. The molecule has 10 heteroatoms. The Kier molecular flexibility index (Phi) is 7.16. The lowest BCUT2D eigenvalue weighted by molar-refractivity contribution is -0.140. The molecule has 4 rings (SSSR count). The molecule has 1 saturated carbocycles. The van der Waals surface area contributed by atoms with Gasteiger partial charge < -0.3 is 15.2 Å². The fraction of sp³-hybridized carbons (Fsp3) is 0.360. The molecule has 35 heavy (non-hydrogen) atoms. The smallest absolute Gasteiger partial charge is 0.382 e. The predicted octanol–water partition coefficient (Wildman–Crippen LogP) is 6.31. The fourth-order valence-electron chi connectivity index (χ4n) is 4.39. The number of alkyl halides is 3. The monoisotopic (exact) mass is 523 g/mol. The zero-order valence-electron chi connectivity index (χ0n) is 19.3. The Hall–Kier alpha value is -2.57. The first kappa shape index (κ1) is 25.5. The minimum absolute atomic E-state index is 0.141. The van der Waals surface area contributed by atoms with Gasteiger partial charge in [0.05, 0.1) is 5.52 Å². The fourth-order valence-corrected chi connectivity index (χ4v) is 5.45. The van der Waals surface area contributed by atoms with E-state index in [2.05, 4.69) is 15.6 Å². The summed E-state index contributed by atoms with van der Waals surface area (Å²) in [4.78, 5) is 16.6. The summed E-state index contributed by atoms with van der Waals surface area (Å²) in [7, 11) is -2.50. The summed E-state index contributed by atoms with van der Waals surface area (Å²) in [5, 5.41) is 7.83. The highest BCUT2D eigenvalue weighted by atomic mass is 35.5. The van der Waals surface area contributed by atoms with E-state index < -0.39 is 19.0 Å². The molecule has 0 spiro atoms. The van der Waals surface area contributed by atoms with Gasteiger partial charge in [0, 0.05) is 39.0 Å². The van der Waals surface area contributed by atoms with Crippen molar-refractivity contribution in [3.05, 3.63) is 64.8 Å². The zero-order chi connectivity index (χ0) is 25.4. The summed E-state index contributed by atoms with van der Waals surface area (Å²) >= 11 is 6.10. The van der Waals surface area contributed by atoms with Gasteiger partial charge in [-0.2, -0.15) is 13.2 Å². The highest BCUT2D eigenvalue weighted by molar-refractivity contribution is 7.70. The summed E-state index contributed by atoms with van der Waals surface area (Å²) in [5.74, 6) is -0.258. The highest BCUT2D eigenvalue weighted by Crippen LogP contribution is 2.36. The third-order valence-electron chi connectivity index (χ3n) is 6.16. The van der Waals surface area contributed by atoms with Gasteiger partial charge in [0.1, 0.15) is 12.8 Å². The molecule has 0 saturated heterocycles. The van der Waals surface area contributed by atoms with Crippen LogP contribution in [0.15, 0.2) is 48.5 Å². The minimum atomic E-state index is -4.58. The van der Waals surface area contributed by atoms with Crippen LogP contribution in [0, 0.1) is 0 Å². The SMILES string of the molecule is CP(C)(=O)c1cccc(C(=O)N[C@@H]2CCC[C@H](Nc3cc(C(F)(F)F)nc4ccc(Cl)cc34)C2)c1. The van der Waals surface area contributed by atoms with E-state index in [1.165, 1.54) is 12.1 Å². The molecule has 1 heterocycles. The predicted molar refractivity (Wildman–Crippen MR) is 134 cm³/mol. The van der Waals surface area contributed by atoms with Crippen molar-refractivity contribution in [1.82, 2.24) is 10.3 Å². The van der Waals surface area contributed by atoms with Crippen LogP contribution in [-0.2, 0) is 10.7 Å². The van der Waals surface area contributed by atoms with Crippen LogP contribution in [0.3, 0.4) is 0 Å². The number of benzene rings is 2. The first-order chi connectivity index (χ1) is 16.4. The molecule has 1 fully saturated rings. The van der Waals surface area contributed by atoms with Crippen LogP contribution in [0.25, 0.3) is 10.9 Å². The first-order valence-electron chi connectivity index (χ1n) is 11.3. The van der Waals surface area contributed by atoms with Crippen molar-refractivity contribution in [1.29, 1.82) is 0 Å². The van der Waals surface area contributed by atoms with E-state index in [-0.39, 0.29) is 23.5 Å². The second-order valence-electron chi connectivity index (χ2n) is 9.29. The molecule has 1 aliphatic carbocycles. The van der Waals surface area contributed by atoms with Crippen molar-refractivity contribution in [3.8, 4) is 0 Å². The average molecular weight is 524 g/mol. The molecule has 186 valence electrons. The van der Waals surface area contributed by atoms with Gasteiger partial charge in [0.2, 0.25) is 0 Å². The van der Waals surface area contributed by atoms with Crippen LogP contribution in [-0.4, -0.2) is 36.3 Å². The molecule has 5 nitrogen and oxygen atoms in total. The van der Waals surface area contributed by atoms with Crippen LogP contribution < -0.4 is 15.9 Å². The van der Waals surface area contributed by atoms with Crippen LogP contribution in [0.5, 0.6) is 0 Å². The highest BCUT2D eigenvalue weighted by Gasteiger charge is 2.34. The summed E-state index contributed by atoms with van der Waals surface area (Å²) in [6.07, 6.45) is -1.71. The Morgan fingerprint density at radius 1 is 1.09 bits per heavy atom. The molecule has 1 aromatic heterocycles. The maximum atomic E-state index is 13.4. The van der Waals surface area contributed by atoms with Gasteiger partial charge >= 0.3 is 6.18 Å². The maximum Gasteiger partial charge on any atom is 0.433 e. The summed E-state index contributed by atoms with van der Waals surface area (Å²) < 4.78 is 52.7. The lowest BCUT2D eigenvalue weighted by atomic mass is 9.90.